The Morgan fingerprint density at radius 3 is 2.62 bits per heavy atom. The van der Waals surface area contributed by atoms with Crippen molar-refractivity contribution in [3.8, 4) is 5.75 Å². The zero-order valence-corrected chi connectivity index (χ0v) is 15.1. The summed E-state index contributed by atoms with van der Waals surface area (Å²) in [6.07, 6.45) is -1.08. The van der Waals surface area contributed by atoms with Crippen LogP contribution in [0.1, 0.15) is 16.7 Å². The standard InChI is InChI=1S/C18H19F3N2O2.ClH/c1-23(2)11-14-8-12-9-15(25-18(19,20)21)5-6-16(12)17(14,24)13-4-3-7-22-10-13;/h3-7,9-10,14,24H,8,11H2,1-2H3;1H. The lowest BCUT2D eigenvalue weighted by atomic mass is 9.81. The molecule has 1 heterocycles. The van der Waals surface area contributed by atoms with Crippen LogP contribution < -0.4 is 4.74 Å². The number of fused-ring (bicyclic) bond motifs is 1. The van der Waals surface area contributed by atoms with Crippen LogP contribution in [0.25, 0.3) is 0 Å². The Kier molecular flexibility index (Phi) is 5.85. The number of rotatable bonds is 4. The van der Waals surface area contributed by atoms with Crippen LogP contribution in [0.2, 0.25) is 0 Å². The highest BCUT2D eigenvalue weighted by atomic mass is 35.5. The van der Waals surface area contributed by atoms with Gasteiger partial charge in [0.25, 0.3) is 0 Å². The number of alkyl halides is 3. The summed E-state index contributed by atoms with van der Waals surface area (Å²) in [5.41, 5.74) is 0.580. The van der Waals surface area contributed by atoms with Crippen molar-refractivity contribution in [2.75, 3.05) is 20.6 Å². The molecule has 0 spiro atoms. The number of hydrogen-bond donors (Lipinski definition) is 1. The first-order valence-electron chi connectivity index (χ1n) is 7.87. The van der Waals surface area contributed by atoms with E-state index in [2.05, 4.69) is 9.72 Å². The van der Waals surface area contributed by atoms with E-state index in [9.17, 15) is 18.3 Å². The minimum atomic E-state index is -4.74. The molecule has 0 aliphatic heterocycles. The molecule has 1 aliphatic carbocycles. The quantitative estimate of drug-likeness (QED) is 0.872. The summed E-state index contributed by atoms with van der Waals surface area (Å²) < 4.78 is 41.4. The third kappa shape index (κ3) is 3.95. The van der Waals surface area contributed by atoms with Crippen molar-refractivity contribution < 1.29 is 23.0 Å². The average Bonchev–Trinajstić information content (AvgIpc) is 2.79. The van der Waals surface area contributed by atoms with Gasteiger partial charge in [-0.15, -0.1) is 25.6 Å². The predicted molar refractivity (Wildman–Crippen MR) is 93.4 cm³/mol. The summed E-state index contributed by atoms with van der Waals surface area (Å²) in [5.74, 6) is -0.479. The number of aliphatic hydroxyl groups is 1. The number of aromatic nitrogens is 1. The Bertz CT molecular complexity index is 756. The maximum atomic E-state index is 12.5. The molecule has 2 unspecified atom stereocenters. The van der Waals surface area contributed by atoms with E-state index >= 15 is 0 Å². The van der Waals surface area contributed by atoms with E-state index in [1.807, 2.05) is 19.0 Å². The van der Waals surface area contributed by atoms with Crippen molar-refractivity contribution in [1.82, 2.24) is 9.88 Å². The first-order valence-corrected chi connectivity index (χ1v) is 7.87. The number of halogens is 4. The van der Waals surface area contributed by atoms with Crippen LogP contribution >= 0.6 is 12.4 Å². The second-order valence-electron chi connectivity index (χ2n) is 6.54. The Balaban J connectivity index is 0.00000243. The van der Waals surface area contributed by atoms with Gasteiger partial charge in [-0.1, -0.05) is 12.1 Å². The molecule has 3 rings (SSSR count). The average molecular weight is 389 g/mol. The maximum Gasteiger partial charge on any atom is 0.573 e. The first kappa shape index (κ1) is 20.5. The maximum absolute atomic E-state index is 12.5. The van der Waals surface area contributed by atoms with Crippen molar-refractivity contribution in [1.29, 1.82) is 0 Å². The topological polar surface area (TPSA) is 45.6 Å². The van der Waals surface area contributed by atoms with Crippen molar-refractivity contribution in [3.05, 3.63) is 59.4 Å². The first-order chi connectivity index (χ1) is 11.7. The second kappa shape index (κ2) is 7.42. The van der Waals surface area contributed by atoms with Crippen molar-refractivity contribution >= 4 is 12.4 Å². The molecule has 1 aromatic heterocycles. The van der Waals surface area contributed by atoms with Gasteiger partial charge < -0.3 is 14.7 Å². The van der Waals surface area contributed by atoms with Crippen molar-refractivity contribution in [2.45, 2.75) is 18.4 Å². The van der Waals surface area contributed by atoms with Gasteiger partial charge in [0.05, 0.1) is 0 Å². The van der Waals surface area contributed by atoms with Gasteiger partial charge in [0.15, 0.2) is 0 Å². The molecular formula is C18H20ClF3N2O2. The highest BCUT2D eigenvalue weighted by Gasteiger charge is 2.47. The van der Waals surface area contributed by atoms with Crippen LogP contribution in [-0.2, 0) is 12.0 Å². The van der Waals surface area contributed by atoms with Crippen LogP contribution in [0.4, 0.5) is 13.2 Å². The van der Waals surface area contributed by atoms with Crippen molar-refractivity contribution in [3.63, 3.8) is 0 Å². The molecule has 0 amide bonds. The molecule has 0 saturated heterocycles. The Labute approximate surface area is 156 Å². The number of benzene rings is 1. The zero-order valence-electron chi connectivity index (χ0n) is 14.3. The normalized spacial score (nSPS) is 22.0. The molecule has 2 aromatic rings. The number of pyridine rings is 1. The Hall–Kier alpha value is -1.83. The van der Waals surface area contributed by atoms with Crippen molar-refractivity contribution in [2.24, 2.45) is 5.92 Å². The fourth-order valence-electron chi connectivity index (χ4n) is 3.56. The molecule has 1 N–H and O–H groups in total. The van der Waals surface area contributed by atoms with Gasteiger partial charge in [-0.25, -0.2) is 0 Å². The fraction of sp³-hybridized carbons (Fsp3) is 0.389. The Morgan fingerprint density at radius 1 is 1.31 bits per heavy atom. The molecule has 0 bridgehead atoms. The molecule has 8 heteroatoms. The fourth-order valence-corrected chi connectivity index (χ4v) is 3.56. The summed E-state index contributed by atoms with van der Waals surface area (Å²) in [7, 11) is 3.79. The van der Waals surface area contributed by atoms with E-state index in [1.54, 1.807) is 24.5 Å². The lowest BCUT2D eigenvalue weighted by Crippen LogP contribution is -2.38. The van der Waals surface area contributed by atoms with Gasteiger partial charge in [-0.05, 0) is 49.8 Å². The molecule has 0 fully saturated rings. The van der Waals surface area contributed by atoms with Crippen LogP contribution in [0.3, 0.4) is 0 Å². The lowest BCUT2D eigenvalue weighted by Gasteiger charge is -2.33. The molecule has 142 valence electrons. The largest absolute Gasteiger partial charge is 0.573 e. The Morgan fingerprint density at radius 2 is 2.04 bits per heavy atom. The highest BCUT2D eigenvalue weighted by molar-refractivity contribution is 5.85. The SMILES string of the molecule is CN(C)CC1Cc2cc(OC(F)(F)F)ccc2C1(O)c1cccnc1.Cl. The van der Waals surface area contributed by atoms with E-state index in [-0.39, 0.29) is 24.1 Å². The van der Waals surface area contributed by atoms with E-state index in [4.69, 9.17) is 0 Å². The van der Waals surface area contributed by atoms with Gasteiger partial charge in [0.2, 0.25) is 0 Å². The monoisotopic (exact) mass is 388 g/mol. The van der Waals surface area contributed by atoms with Crippen LogP contribution in [0.5, 0.6) is 5.75 Å². The van der Waals surface area contributed by atoms with Gasteiger partial charge in [0, 0.05) is 30.4 Å². The summed E-state index contributed by atoms with van der Waals surface area (Å²) in [6, 6.07) is 7.63. The van der Waals surface area contributed by atoms with Gasteiger partial charge in [0.1, 0.15) is 11.4 Å². The molecule has 0 saturated carbocycles. The molecule has 0 radical (unpaired) electrons. The second-order valence-corrected chi connectivity index (χ2v) is 6.54. The third-order valence-electron chi connectivity index (χ3n) is 4.47. The molecular weight excluding hydrogens is 369 g/mol. The summed E-state index contributed by atoms with van der Waals surface area (Å²) in [4.78, 5) is 6.03. The molecule has 2 atom stereocenters. The minimum absolute atomic E-state index is 0. The minimum Gasteiger partial charge on any atom is -0.406 e. The highest BCUT2D eigenvalue weighted by Crippen LogP contribution is 2.47. The third-order valence-corrected chi connectivity index (χ3v) is 4.47. The smallest absolute Gasteiger partial charge is 0.406 e. The predicted octanol–water partition coefficient (Wildman–Crippen LogP) is 3.37. The van der Waals surface area contributed by atoms with E-state index < -0.39 is 12.0 Å². The molecule has 1 aliphatic rings. The van der Waals surface area contributed by atoms with Gasteiger partial charge >= 0.3 is 6.36 Å². The van der Waals surface area contributed by atoms with Crippen LogP contribution in [-0.4, -0.2) is 42.0 Å². The molecule has 4 nitrogen and oxygen atoms in total. The van der Waals surface area contributed by atoms with Crippen LogP contribution in [0, 0.1) is 5.92 Å². The van der Waals surface area contributed by atoms with E-state index in [0.29, 0.717) is 29.7 Å². The lowest BCUT2D eigenvalue weighted by molar-refractivity contribution is -0.274. The van der Waals surface area contributed by atoms with Gasteiger partial charge in [-0.3, -0.25) is 4.98 Å². The zero-order chi connectivity index (χ0) is 18.2. The molecule has 1 aromatic carbocycles. The number of nitrogens with zero attached hydrogens (tertiary/aromatic N) is 2. The van der Waals surface area contributed by atoms with Crippen LogP contribution in [0.15, 0.2) is 42.7 Å². The number of ether oxygens (including phenoxy) is 1. The number of hydrogen-bond acceptors (Lipinski definition) is 4. The summed E-state index contributed by atoms with van der Waals surface area (Å²) >= 11 is 0. The molecule has 26 heavy (non-hydrogen) atoms. The summed E-state index contributed by atoms with van der Waals surface area (Å²) in [6.45, 7) is 0.579. The van der Waals surface area contributed by atoms with E-state index in [1.165, 1.54) is 18.2 Å². The summed E-state index contributed by atoms with van der Waals surface area (Å²) in [5, 5.41) is 11.5. The van der Waals surface area contributed by atoms with Gasteiger partial charge in [-0.2, -0.15) is 0 Å². The van der Waals surface area contributed by atoms with E-state index in [0.717, 1.165) is 0 Å².